The maximum atomic E-state index is 13.1. The van der Waals surface area contributed by atoms with Crippen LogP contribution < -0.4 is 0 Å². The lowest BCUT2D eigenvalue weighted by molar-refractivity contribution is -0.300. The number of alkyl halides is 6. The lowest BCUT2D eigenvalue weighted by Gasteiger charge is -2.29. The molecule has 0 saturated carbocycles. The number of halogens is 6. The van der Waals surface area contributed by atoms with Gasteiger partial charge in [0.25, 0.3) is 0 Å². The van der Waals surface area contributed by atoms with Crippen LogP contribution in [0.1, 0.15) is 58.8 Å². The topological polar surface area (TPSA) is 0 Å². The molecule has 0 aromatic rings. The van der Waals surface area contributed by atoms with Gasteiger partial charge in [-0.25, -0.2) is 0 Å². The van der Waals surface area contributed by atoms with E-state index in [2.05, 4.69) is 6.92 Å². The first kappa shape index (κ1) is 19.4. The fourth-order valence-corrected chi connectivity index (χ4v) is 2.75. The first-order chi connectivity index (χ1) is 8.64. The van der Waals surface area contributed by atoms with Crippen molar-refractivity contribution >= 4 is 22.6 Å². The second-order valence-corrected chi connectivity index (χ2v) is 6.58. The van der Waals surface area contributed by atoms with Crippen molar-refractivity contribution in [2.24, 2.45) is 5.92 Å². The Morgan fingerprint density at radius 1 is 0.895 bits per heavy atom. The van der Waals surface area contributed by atoms with Gasteiger partial charge in [-0.2, -0.15) is 22.0 Å². The SMILES string of the molecule is CCCCCCCCC(I)C(C)C(F)(F)C(F)(F)F. The molecule has 0 aliphatic heterocycles. The van der Waals surface area contributed by atoms with Gasteiger partial charge in [0.2, 0.25) is 0 Å². The summed E-state index contributed by atoms with van der Waals surface area (Å²) in [4.78, 5) is 0. The molecule has 0 fully saturated rings. The summed E-state index contributed by atoms with van der Waals surface area (Å²) in [6.45, 7) is 3.09. The van der Waals surface area contributed by atoms with E-state index >= 15 is 0 Å². The van der Waals surface area contributed by atoms with Crippen molar-refractivity contribution in [3.05, 3.63) is 0 Å². The van der Waals surface area contributed by atoms with Crippen LogP contribution in [-0.4, -0.2) is 16.0 Å². The van der Waals surface area contributed by atoms with Crippen LogP contribution in [0.2, 0.25) is 0 Å². The number of hydrogen-bond donors (Lipinski definition) is 0. The smallest absolute Gasteiger partial charge is 0.196 e. The van der Waals surface area contributed by atoms with Gasteiger partial charge in [0.15, 0.2) is 0 Å². The average Bonchev–Trinajstić information content (AvgIpc) is 2.30. The fraction of sp³-hybridized carbons (Fsp3) is 1.00. The molecule has 0 saturated heterocycles. The Morgan fingerprint density at radius 3 is 1.84 bits per heavy atom. The second-order valence-electron chi connectivity index (χ2n) is 4.98. The van der Waals surface area contributed by atoms with Gasteiger partial charge in [-0.05, 0) is 6.42 Å². The maximum absolute atomic E-state index is 13.1. The molecule has 0 radical (unpaired) electrons. The van der Waals surface area contributed by atoms with E-state index in [9.17, 15) is 22.0 Å². The molecular weight excluding hydrogens is 378 g/mol. The molecule has 0 aliphatic carbocycles. The van der Waals surface area contributed by atoms with Gasteiger partial charge < -0.3 is 0 Å². The number of hydrogen-bond acceptors (Lipinski definition) is 0. The van der Waals surface area contributed by atoms with Gasteiger partial charge in [0.1, 0.15) is 0 Å². The second kappa shape index (κ2) is 8.62. The zero-order valence-electron chi connectivity index (χ0n) is 11.4. The molecule has 116 valence electrons. The van der Waals surface area contributed by atoms with Crippen LogP contribution in [0.4, 0.5) is 22.0 Å². The minimum atomic E-state index is -5.45. The van der Waals surface area contributed by atoms with Crippen molar-refractivity contribution < 1.29 is 22.0 Å². The van der Waals surface area contributed by atoms with Crippen LogP contribution in [0, 0.1) is 5.92 Å². The van der Waals surface area contributed by atoms with Crippen LogP contribution in [-0.2, 0) is 0 Å². The van der Waals surface area contributed by atoms with Crippen molar-refractivity contribution in [2.45, 2.75) is 74.8 Å². The summed E-state index contributed by atoms with van der Waals surface area (Å²) in [6.07, 6.45) is 1.01. The molecule has 0 aromatic heterocycles. The monoisotopic (exact) mass is 400 g/mol. The lowest BCUT2D eigenvalue weighted by Crippen LogP contribution is -2.45. The predicted molar refractivity (Wildman–Crippen MR) is 76.0 cm³/mol. The molecular formula is C13H22F5I. The summed E-state index contributed by atoms with van der Waals surface area (Å²) >= 11 is 1.72. The Balaban J connectivity index is 4.04. The van der Waals surface area contributed by atoms with Crippen molar-refractivity contribution in [1.82, 2.24) is 0 Å². The summed E-state index contributed by atoms with van der Waals surface area (Å²) in [7, 11) is 0. The zero-order valence-corrected chi connectivity index (χ0v) is 13.5. The van der Waals surface area contributed by atoms with E-state index < -0.39 is 21.9 Å². The Hall–Kier alpha value is 0.380. The molecule has 0 heterocycles. The van der Waals surface area contributed by atoms with Gasteiger partial charge >= 0.3 is 12.1 Å². The Morgan fingerprint density at radius 2 is 1.37 bits per heavy atom. The van der Waals surface area contributed by atoms with Crippen molar-refractivity contribution in [2.75, 3.05) is 0 Å². The molecule has 0 N–H and O–H groups in total. The van der Waals surface area contributed by atoms with Crippen LogP contribution in [0.5, 0.6) is 0 Å². The van der Waals surface area contributed by atoms with Crippen LogP contribution in [0.3, 0.4) is 0 Å². The van der Waals surface area contributed by atoms with E-state index in [1.54, 1.807) is 22.6 Å². The van der Waals surface area contributed by atoms with Crippen molar-refractivity contribution in [3.63, 3.8) is 0 Å². The molecule has 0 spiro atoms. The van der Waals surface area contributed by atoms with Gasteiger partial charge in [-0.15, -0.1) is 0 Å². The molecule has 0 nitrogen and oxygen atoms in total. The molecule has 0 rings (SSSR count). The third-order valence-corrected chi connectivity index (χ3v) is 5.03. The quantitative estimate of drug-likeness (QED) is 0.183. The summed E-state index contributed by atoms with van der Waals surface area (Å²) in [5, 5.41) is 0. The predicted octanol–water partition coefficient (Wildman–Crippen LogP) is 6.37. The van der Waals surface area contributed by atoms with E-state index in [0.717, 1.165) is 45.4 Å². The molecule has 0 aliphatic rings. The van der Waals surface area contributed by atoms with Gasteiger partial charge in [-0.3, -0.25) is 0 Å². The largest absolute Gasteiger partial charge is 0.453 e. The summed E-state index contributed by atoms with van der Waals surface area (Å²) in [5.41, 5.74) is 0. The van der Waals surface area contributed by atoms with Crippen LogP contribution in [0.25, 0.3) is 0 Å². The highest BCUT2D eigenvalue weighted by molar-refractivity contribution is 14.1. The van der Waals surface area contributed by atoms with E-state index in [1.807, 2.05) is 0 Å². The molecule has 0 amide bonds. The third-order valence-electron chi connectivity index (χ3n) is 3.33. The lowest BCUT2D eigenvalue weighted by atomic mass is 9.95. The average molecular weight is 400 g/mol. The minimum absolute atomic E-state index is 0.416. The fourth-order valence-electron chi connectivity index (χ4n) is 1.85. The molecule has 6 heteroatoms. The molecule has 2 atom stereocenters. The van der Waals surface area contributed by atoms with Gasteiger partial charge in [-0.1, -0.05) is 75.0 Å². The Labute approximate surface area is 125 Å². The molecule has 0 aromatic carbocycles. The van der Waals surface area contributed by atoms with Crippen LogP contribution in [0.15, 0.2) is 0 Å². The van der Waals surface area contributed by atoms with Crippen molar-refractivity contribution in [3.8, 4) is 0 Å². The summed E-state index contributed by atoms with van der Waals surface area (Å²) < 4.78 is 62.2. The normalized spacial score (nSPS) is 16.4. The van der Waals surface area contributed by atoms with E-state index in [-0.39, 0.29) is 0 Å². The van der Waals surface area contributed by atoms with E-state index in [4.69, 9.17) is 0 Å². The molecule has 2 unspecified atom stereocenters. The highest BCUT2D eigenvalue weighted by Crippen LogP contribution is 2.44. The van der Waals surface area contributed by atoms with E-state index in [0.29, 0.717) is 6.42 Å². The Kier molecular flexibility index (Phi) is 8.79. The Bertz CT molecular complexity index is 240. The first-order valence-electron chi connectivity index (χ1n) is 6.73. The summed E-state index contributed by atoms with van der Waals surface area (Å²) in [6, 6.07) is 0. The highest BCUT2D eigenvalue weighted by Gasteiger charge is 2.61. The standard InChI is InChI=1S/C13H22F5I/c1-3-4-5-6-7-8-9-11(19)10(2)12(14,15)13(16,17)18/h10-11H,3-9H2,1-2H3. The third kappa shape index (κ3) is 6.58. The number of rotatable bonds is 9. The highest BCUT2D eigenvalue weighted by atomic mass is 127. The molecule has 0 bridgehead atoms. The zero-order chi connectivity index (χ0) is 15.1. The van der Waals surface area contributed by atoms with Crippen molar-refractivity contribution in [1.29, 1.82) is 0 Å². The first-order valence-corrected chi connectivity index (χ1v) is 7.97. The molecule has 19 heavy (non-hydrogen) atoms. The summed E-state index contributed by atoms with van der Waals surface area (Å²) in [5.74, 6) is -6.27. The number of unbranched alkanes of at least 4 members (excludes halogenated alkanes) is 5. The van der Waals surface area contributed by atoms with Gasteiger partial charge in [0, 0.05) is 9.84 Å². The van der Waals surface area contributed by atoms with Crippen LogP contribution >= 0.6 is 22.6 Å². The maximum Gasteiger partial charge on any atom is 0.453 e. The van der Waals surface area contributed by atoms with Gasteiger partial charge in [0.05, 0.1) is 0 Å². The minimum Gasteiger partial charge on any atom is -0.196 e. The van der Waals surface area contributed by atoms with E-state index in [1.165, 1.54) is 0 Å².